The molecule has 0 radical (unpaired) electrons. The van der Waals surface area contributed by atoms with Gasteiger partial charge in [0.05, 0.1) is 6.61 Å². The number of ketones is 1. The molecule has 0 bridgehead atoms. The van der Waals surface area contributed by atoms with Gasteiger partial charge < -0.3 is 19.4 Å². The van der Waals surface area contributed by atoms with Crippen LogP contribution in [0.15, 0.2) is 30.3 Å². The van der Waals surface area contributed by atoms with E-state index in [-0.39, 0.29) is 5.78 Å². The molecule has 2 fully saturated rings. The van der Waals surface area contributed by atoms with Crippen LogP contribution in [0.5, 0.6) is 5.75 Å². The van der Waals surface area contributed by atoms with Crippen molar-refractivity contribution in [1.29, 1.82) is 0 Å². The number of hydrogen-bond donors (Lipinski definition) is 0. The van der Waals surface area contributed by atoms with Gasteiger partial charge in [0.15, 0.2) is 5.78 Å². The predicted molar refractivity (Wildman–Crippen MR) is 119 cm³/mol. The molecule has 3 rings (SSSR count). The minimum atomic E-state index is 0.196. The molecule has 2 saturated heterocycles. The van der Waals surface area contributed by atoms with E-state index in [0.717, 1.165) is 63.6 Å². The van der Waals surface area contributed by atoms with Crippen LogP contribution in [0, 0.1) is 0 Å². The highest BCUT2D eigenvalue weighted by Gasteiger charge is 2.14. The van der Waals surface area contributed by atoms with E-state index in [0.29, 0.717) is 6.42 Å². The van der Waals surface area contributed by atoms with Gasteiger partial charge in [0.25, 0.3) is 0 Å². The van der Waals surface area contributed by atoms with Gasteiger partial charge in [-0.1, -0.05) is 24.6 Å². The van der Waals surface area contributed by atoms with Crippen molar-refractivity contribution in [1.82, 2.24) is 14.7 Å². The average Bonchev–Trinajstić information content (AvgIpc) is 2.76. The lowest BCUT2D eigenvalue weighted by molar-refractivity contribution is -0.114. The standard InChI is InChI=1S/C24H37N3O2/c1-25-17-19-27(20-18-25)16-12-23(28)9-6-22-7-10-24(11-8-22)29-21-5-15-26-13-3-2-4-14-26/h6-11H,2-5,12-21H2,1H3/b9-6+. The van der Waals surface area contributed by atoms with Crippen LogP contribution in [-0.4, -0.2) is 86.5 Å². The van der Waals surface area contributed by atoms with Gasteiger partial charge in [-0.15, -0.1) is 0 Å². The lowest BCUT2D eigenvalue weighted by Gasteiger charge is -2.32. The van der Waals surface area contributed by atoms with Crippen molar-refractivity contribution in [3.8, 4) is 5.75 Å². The first-order chi connectivity index (χ1) is 14.2. The smallest absolute Gasteiger partial charge is 0.156 e. The van der Waals surface area contributed by atoms with Gasteiger partial charge in [-0.2, -0.15) is 0 Å². The summed E-state index contributed by atoms with van der Waals surface area (Å²) < 4.78 is 5.86. The predicted octanol–water partition coefficient (Wildman–Crippen LogP) is 3.16. The van der Waals surface area contributed by atoms with Crippen molar-refractivity contribution < 1.29 is 9.53 Å². The van der Waals surface area contributed by atoms with E-state index in [4.69, 9.17) is 4.74 Å². The van der Waals surface area contributed by atoms with Crippen LogP contribution < -0.4 is 4.74 Å². The zero-order chi connectivity index (χ0) is 20.3. The minimum Gasteiger partial charge on any atom is -0.494 e. The number of hydrogen-bond acceptors (Lipinski definition) is 5. The number of rotatable bonds is 10. The van der Waals surface area contributed by atoms with Crippen molar-refractivity contribution in [3.63, 3.8) is 0 Å². The topological polar surface area (TPSA) is 36.0 Å². The summed E-state index contributed by atoms with van der Waals surface area (Å²) >= 11 is 0. The first-order valence-electron chi connectivity index (χ1n) is 11.3. The molecule has 0 amide bonds. The minimum absolute atomic E-state index is 0.196. The SMILES string of the molecule is CN1CCN(CCC(=O)/C=C/c2ccc(OCCCN3CCCCC3)cc2)CC1. The van der Waals surface area contributed by atoms with Gasteiger partial charge in [0, 0.05) is 45.7 Å². The summed E-state index contributed by atoms with van der Waals surface area (Å²) in [6.45, 7) is 9.56. The Morgan fingerprint density at radius 2 is 1.62 bits per heavy atom. The average molecular weight is 400 g/mol. The molecule has 2 aliphatic heterocycles. The zero-order valence-corrected chi connectivity index (χ0v) is 18.0. The molecule has 0 unspecified atom stereocenters. The zero-order valence-electron chi connectivity index (χ0n) is 18.0. The van der Waals surface area contributed by atoms with Crippen LogP contribution in [0.3, 0.4) is 0 Å². The largest absolute Gasteiger partial charge is 0.494 e. The highest BCUT2D eigenvalue weighted by Crippen LogP contribution is 2.14. The van der Waals surface area contributed by atoms with Crippen molar-refractivity contribution in [2.45, 2.75) is 32.1 Å². The number of piperidine rings is 1. The van der Waals surface area contributed by atoms with Crippen molar-refractivity contribution >= 4 is 11.9 Å². The molecule has 0 aromatic heterocycles. The number of likely N-dealkylation sites (tertiary alicyclic amines) is 1. The van der Waals surface area contributed by atoms with Gasteiger partial charge in [-0.25, -0.2) is 0 Å². The first kappa shape index (κ1) is 22.0. The fourth-order valence-electron chi connectivity index (χ4n) is 3.95. The highest BCUT2D eigenvalue weighted by molar-refractivity contribution is 5.93. The van der Waals surface area contributed by atoms with Gasteiger partial charge >= 0.3 is 0 Å². The van der Waals surface area contributed by atoms with Gasteiger partial charge in [-0.05, 0) is 63.2 Å². The Bertz CT molecular complexity index is 630. The van der Waals surface area contributed by atoms with Gasteiger partial charge in [0.2, 0.25) is 0 Å². The Morgan fingerprint density at radius 1 is 0.931 bits per heavy atom. The number of allylic oxidation sites excluding steroid dienone is 1. The van der Waals surface area contributed by atoms with Gasteiger partial charge in [0.1, 0.15) is 5.75 Å². The first-order valence-corrected chi connectivity index (χ1v) is 11.3. The van der Waals surface area contributed by atoms with E-state index < -0.39 is 0 Å². The molecule has 160 valence electrons. The number of carbonyl (C=O) groups is 1. The molecule has 1 aromatic rings. The second-order valence-electron chi connectivity index (χ2n) is 8.37. The van der Waals surface area contributed by atoms with Crippen LogP contribution in [0.4, 0.5) is 0 Å². The number of piperazine rings is 1. The molecule has 0 saturated carbocycles. The number of likely N-dealkylation sites (N-methyl/N-ethyl adjacent to an activating group) is 1. The van der Waals surface area contributed by atoms with Crippen molar-refractivity contribution in [2.75, 3.05) is 66.0 Å². The summed E-state index contributed by atoms with van der Waals surface area (Å²) in [5.41, 5.74) is 1.04. The van der Waals surface area contributed by atoms with Gasteiger partial charge in [-0.3, -0.25) is 4.79 Å². The molecule has 0 aliphatic carbocycles. The molecule has 0 N–H and O–H groups in total. The van der Waals surface area contributed by atoms with E-state index in [1.54, 1.807) is 6.08 Å². The Morgan fingerprint density at radius 3 is 2.34 bits per heavy atom. The van der Waals surface area contributed by atoms with Crippen molar-refractivity contribution in [2.24, 2.45) is 0 Å². The Balaban J connectivity index is 1.31. The summed E-state index contributed by atoms with van der Waals surface area (Å²) in [6.07, 6.45) is 9.36. The van der Waals surface area contributed by atoms with Crippen LogP contribution in [0.1, 0.15) is 37.7 Å². The number of ether oxygens (including phenoxy) is 1. The lowest BCUT2D eigenvalue weighted by Crippen LogP contribution is -2.44. The Kier molecular flexibility index (Phi) is 9.19. The van der Waals surface area contributed by atoms with E-state index in [1.165, 1.54) is 32.4 Å². The molecule has 0 atom stereocenters. The lowest BCUT2D eigenvalue weighted by atomic mass is 10.1. The molecule has 1 aromatic carbocycles. The molecular weight excluding hydrogens is 362 g/mol. The van der Waals surface area contributed by atoms with Crippen LogP contribution in [-0.2, 0) is 4.79 Å². The van der Waals surface area contributed by atoms with Crippen LogP contribution in [0.2, 0.25) is 0 Å². The summed E-state index contributed by atoms with van der Waals surface area (Å²) in [6, 6.07) is 8.03. The Hall–Kier alpha value is -1.69. The normalized spacial score (nSPS) is 19.6. The third kappa shape index (κ3) is 8.29. The highest BCUT2D eigenvalue weighted by atomic mass is 16.5. The summed E-state index contributed by atoms with van der Waals surface area (Å²) in [4.78, 5) is 19.4. The van der Waals surface area contributed by atoms with Crippen LogP contribution >= 0.6 is 0 Å². The number of nitrogens with zero attached hydrogens (tertiary/aromatic N) is 3. The summed E-state index contributed by atoms with van der Waals surface area (Å²) in [5.74, 6) is 1.10. The fourth-order valence-corrected chi connectivity index (χ4v) is 3.95. The third-order valence-corrected chi connectivity index (χ3v) is 5.95. The third-order valence-electron chi connectivity index (χ3n) is 5.95. The molecule has 5 nitrogen and oxygen atoms in total. The van der Waals surface area contributed by atoms with E-state index in [1.807, 2.05) is 30.3 Å². The Labute approximate surface area is 176 Å². The summed E-state index contributed by atoms with van der Waals surface area (Å²) in [5, 5.41) is 0. The quantitative estimate of drug-likeness (QED) is 0.446. The maximum absolute atomic E-state index is 12.1. The molecule has 29 heavy (non-hydrogen) atoms. The monoisotopic (exact) mass is 399 g/mol. The molecule has 5 heteroatoms. The number of benzene rings is 1. The second kappa shape index (κ2) is 12.1. The van der Waals surface area contributed by atoms with E-state index >= 15 is 0 Å². The van der Waals surface area contributed by atoms with Crippen LogP contribution in [0.25, 0.3) is 6.08 Å². The number of carbonyl (C=O) groups excluding carboxylic acids is 1. The molecule has 2 heterocycles. The van der Waals surface area contributed by atoms with Crippen molar-refractivity contribution in [3.05, 3.63) is 35.9 Å². The maximum atomic E-state index is 12.1. The molecule has 2 aliphatic rings. The second-order valence-corrected chi connectivity index (χ2v) is 8.37. The maximum Gasteiger partial charge on any atom is 0.156 e. The molecular formula is C24H37N3O2. The van der Waals surface area contributed by atoms with E-state index in [9.17, 15) is 4.79 Å². The summed E-state index contributed by atoms with van der Waals surface area (Å²) in [7, 11) is 2.15. The fraction of sp³-hybridized carbons (Fsp3) is 0.625. The van der Waals surface area contributed by atoms with E-state index in [2.05, 4.69) is 21.7 Å². The molecule has 0 spiro atoms.